The maximum atomic E-state index is 12.0. The van der Waals surface area contributed by atoms with E-state index in [1.54, 1.807) is 27.7 Å². The quantitative estimate of drug-likeness (QED) is 0.293. The Bertz CT molecular complexity index is 477. The van der Waals surface area contributed by atoms with Crippen LogP contribution in [-0.4, -0.2) is 54.1 Å². The Hall–Kier alpha value is -1.96. The van der Waals surface area contributed by atoms with Gasteiger partial charge in [0.1, 0.15) is 11.3 Å². The van der Waals surface area contributed by atoms with Gasteiger partial charge in [0.2, 0.25) is 0 Å². The van der Waals surface area contributed by atoms with Crippen molar-refractivity contribution in [2.24, 2.45) is 5.92 Å². The molecule has 0 aromatic carbocycles. The molecule has 0 aliphatic carbocycles. The predicted octanol–water partition coefficient (Wildman–Crippen LogP) is 1.23. The van der Waals surface area contributed by atoms with Crippen LogP contribution in [0.4, 0.5) is 0 Å². The molecule has 1 atom stereocenters. The second kappa shape index (κ2) is 8.77. The van der Waals surface area contributed by atoms with Crippen LogP contribution in [0.15, 0.2) is 0 Å². The summed E-state index contributed by atoms with van der Waals surface area (Å²) in [6.07, 6.45) is 0.0990. The first-order valence-corrected chi connectivity index (χ1v) is 7.63. The fourth-order valence-corrected chi connectivity index (χ4v) is 2.06. The molecular formula is C16H27NO7. The molecule has 0 heterocycles. The highest BCUT2D eigenvalue weighted by atomic mass is 16.6. The Balaban J connectivity index is 5.11. The van der Waals surface area contributed by atoms with Crippen LogP contribution >= 0.6 is 0 Å². The molecular weight excluding hydrogens is 318 g/mol. The number of hydrogen-bond acceptors (Lipinski definition) is 8. The van der Waals surface area contributed by atoms with Gasteiger partial charge in [0.05, 0.1) is 14.2 Å². The van der Waals surface area contributed by atoms with Crippen LogP contribution in [0.5, 0.6) is 0 Å². The van der Waals surface area contributed by atoms with E-state index in [2.05, 4.69) is 9.47 Å². The lowest BCUT2D eigenvalue weighted by molar-refractivity contribution is -0.181. The summed E-state index contributed by atoms with van der Waals surface area (Å²) in [5.74, 6) is -3.64. The predicted molar refractivity (Wildman–Crippen MR) is 85.6 cm³/mol. The van der Waals surface area contributed by atoms with Gasteiger partial charge in [-0.25, -0.2) is 14.4 Å². The monoisotopic (exact) mass is 345 g/mol. The summed E-state index contributed by atoms with van der Waals surface area (Å²) >= 11 is 0. The fraction of sp³-hybridized carbons (Fsp3) is 0.750. The van der Waals surface area contributed by atoms with Crippen LogP contribution in [0, 0.1) is 11.3 Å². The summed E-state index contributed by atoms with van der Waals surface area (Å²) in [5.41, 5.74) is -3.48. The lowest BCUT2D eigenvalue weighted by Gasteiger charge is -2.25. The molecule has 0 aromatic heterocycles. The normalized spacial score (nSPS) is 13.0. The van der Waals surface area contributed by atoms with Crippen molar-refractivity contribution in [2.75, 3.05) is 14.2 Å². The number of nitrogens with one attached hydrogen (secondary N) is 1. The number of rotatable bonds is 8. The highest BCUT2D eigenvalue weighted by Crippen LogP contribution is 2.23. The van der Waals surface area contributed by atoms with Crippen LogP contribution in [-0.2, 0) is 28.6 Å². The number of carbonyl (C=O) groups is 3. The van der Waals surface area contributed by atoms with Gasteiger partial charge in [-0.3, -0.25) is 5.41 Å². The van der Waals surface area contributed by atoms with E-state index in [-0.39, 0.29) is 18.6 Å². The van der Waals surface area contributed by atoms with Gasteiger partial charge in [-0.05, 0) is 40.0 Å². The first-order valence-electron chi connectivity index (χ1n) is 7.63. The van der Waals surface area contributed by atoms with E-state index in [1.165, 1.54) is 0 Å². The highest BCUT2D eigenvalue weighted by Gasteiger charge is 2.47. The summed E-state index contributed by atoms with van der Waals surface area (Å²) < 4.78 is 14.0. The van der Waals surface area contributed by atoms with Crippen molar-refractivity contribution >= 4 is 23.6 Å². The van der Waals surface area contributed by atoms with E-state index in [0.717, 1.165) is 14.2 Å². The number of esters is 3. The van der Waals surface area contributed by atoms with E-state index >= 15 is 0 Å². The summed E-state index contributed by atoms with van der Waals surface area (Å²) in [7, 11) is 2.08. The van der Waals surface area contributed by atoms with Gasteiger partial charge in [0, 0.05) is 5.92 Å². The maximum Gasteiger partial charge on any atom is 0.352 e. The largest absolute Gasteiger partial charge is 0.466 e. The zero-order valence-electron chi connectivity index (χ0n) is 15.1. The second-order valence-electron chi connectivity index (χ2n) is 6.40. The highest BCUT2D eigenvalue weighted by molar-refractivity contribution is 6.36. The molecule has 0 bridgehead atoms. The minimum atomic E-state index is -2.47. The third-order valence-electron chi connectivity index (χ3n) is 3.42. The molecule has 8 nitrogen and oxygen atoms in total. The zero-order chi connectivity index (χ0) is 19.1. The third-order valence-corrected chi connectivity index (χ3v) is 3.42. The van der Waals surface area contributed by atoms with E-state index in [9.17, 15) is 19.5 Å². The zero-order valence-corrected chi connectivity index (χ0v) is 15.1. The van der Waals surface area contributed by atoms with Crippen molar-refractivity contribution < 1.29 is 33.7 Å². The smallest absolute Gasteiger partial charge is 0.352 e. The number of carbonyl (C=O) groups excluding carboxylic acids is 3. The molecule has 0 aliphatic rings. The molecule has 138 valence electrons. The molecule has 24 heavy (non-hydrogen) atoms. The van der Waals surface area contributed by atoms with Gasteiger partial charge >= 0.3 is 17.9 Å². The number of ether oxygens (including phenoxy) is 3. The van der Waals surface area contributed by atoms with Crippen molar-refractivity contribution in [3.8, 4) is 0 Å². The molecule has 2 N–H and O–H groups in total. The van der Waals surface area contributed by atoms with Crippen LogP contribution in [0.25, 0.3) is 0 Å². The second-order valence-corrected chi connectivity index (χ2v) is 6.40. The van der Waals surface area contributed by atoms with Gasteiger partial charge in [0.15, 0.2) is 0 Å². The van der Waals surface area contributed by atoms with E-state index in [4.69, 9.17) is 10.1 Å². The standard InChI is InChI=1S/C16H27NO7/c1-7-10(11(17)12(18)24-15(2,3)4)8-9-16(21,13(19)22-5)14(20)23-6/h10,17,21H,7-9H2,1-6H3/t10-/m1/s1. The Morgan fingerprint density at radius 2 is 1.54 bits per heavy atom. The maximum absolute atomic E-state index is 12.0. The average Bonchev–Trinajstić information content (AvgIpc) is 2.51. The number of aliphatic hydroxyl groups is 1. The summed E-state index contributed by atoms with van der Waals surface area (Å²) in [6.45, 7) is 6.81. The van der Waals surface area contributed by atoms with Crippen molar-refractivity contribution in [2.45, 2.75) is 58.2 Å². The van der Waals surface area contributed by atoms with Crippen LogP contribution in [0.3, 0.4) is 0 Å². The summed E-state index contributed by atoms with van der Waals surface area (Å²) in [6, 6.07) is 0. The lowest BCUT2D eigenvalue weighted by atomic mass is 9.88. The molecule has 0 aliphatic heterocycles. The first kappa shape index (κ1) is 22.0. The Morgan fingerprint density at radius 3 is 1.88 bits per heavy atom. The van der Waals surface area contributed by atoms with Crippen LogP contribution in [0.2, 0.25) is 0 Å². The fourth-order valence-electron chi connectivity index (χ4n) is 2.06. The Kier molecular flexibility index (Phi) is 8.05. The van der Waals surface area contributed by atoms with Crippen molar-refractivity contribution in [1.29, 1.82) is 5.41 Å². The van der Waals surface area contributed by atoms with E-state index in [1.807, 2.05) is 0 Å². The van der Waals surface area contributed by atoms with Gasteiger partial charge in [-0.15, -0.1) is 0 Å². The minimum absolute atomic E-state index is 0.0370. The summed E-state index contributed by atoms with van der Waals surface area (Å²) in [4.78, 5) is 35.4. The molecule has 0 radical (unpaired) electrons. The van der Waals surface area contributed by atoms with E-state index < -0.39 is 35.0 Å². The molecule has 0 unspecified atom stereocenters. The Morgan fingerprint density at radius 1 is 1.08 bits per heavy atom. The van der Waals surface area contributed by atoms with Crippen molar-refractivity contribution in [3.63, 3.8) is 0 Å². The molecule has 0 amide bonds. The molecule has 0 aromatic rings. The molecule has 0 saturated heterocycles. The van der Waals surface area contributed by atoms with Crippen molar-refractivity contribution in [3.05, 3.63) is 0 Å². The topological polar surface area (TPSA) is 123 Å². The molecule has 0 fully saturated rings. The van der Waals surface area contributed by atoms with Gasteiger partial charge in [-0.2, -0.15) is 0 Å². The lowest BCUT2D eigenvalue weighted by Crippen LogP contribution is -2.48. The summed E-state index contributed by atoms with van der Waals surface area (Å²) in [5, 5.41) is 18.2. The molecule has 0 saturated carbocycles. The van der Waals surface area contributed by atoms with Crippen LogP contribution < -0.4 is 0 Å². The molecule has 8 heteroatoms. The molecule has 0 spiro atoms. The van der Waals surface area contributed by atoms with Gasteiger partial charge in [-0.1, -0.05) is 6.92 Å². The number of methoxy groups -OCH3 is 2. The average molecular weight is 345 g/mol. The SMILES string of the molecule is CC[C@H](CCC(O)(C(=O)OC)C(=O)OC)C(=N)C(=O)OC(C)(C)C. The minimum Gasteiger partial charge on any atom is -0.466 e. The molecule has 0 rings (SSSR count). The van der Waals surface area contributed by atoms with Crippen LogP contribution in [0.1, 0.15) is 47.0 Å². The van der Waals surface area contributed by atoms with Gasteiger partial charge < -0.3 is 19.3 Å². The Labute approximate surface area is 142 Å². The first-order chi connectivity index (χ1) is 10.9. The van der Waals surface area contributed by atoms with Gasteiger partial charge in [0.25, 0.3) is 5.60 Å². The van der Waals surface area contributed by atoms with E-state index in [0.29, 0.717) is 6.42 Å². The number of hydrogen-bond donors (Lipinski definition) is 2. The van der Waals surface area contributed by atoms with Crippen molar-refractivity contribution in [1.82, 2.24) is 0 Å². The third kappa shape index (κ3) is 5.92.